The van der Waals surface area contributed by atoms with E-state index in [1.165, 1.54) is 0 Å². The predicted molar refractivity (Wildman–Crippen MR) is 111 cm³/mol. The summed E-state index contributed by atoms with van der Waals surface area (Å²) in [5.41, 5.74) is 5.73. The SMILES string of the molecule is COc1ccc(CNC(=O)CCc2c(C)nc3c4ccccc4nn3c2C)cn1. The largest absolute Gasteiger partial charge is 0.481 e. The summed E-state index contributed by atoms with van der Waals surface area (Å²) in [6.07, 6.45) is 2.70. The number of amides is 1. The molecule has 4 rings (SSSR count). The molecule has 7 nitrogen and oxygen atoms in total. The van der Waals surface area contributed by atoms with Crippen molar-refractivity contribution >= 4 is 22.5 Å². The number of carbonyl (C=O) groups is 1. The van der Waals surface area contributed by atoms with Crippen LogP contribution in [0.4, 0.5) is 0 Å². The van der Waals surface area contributed by atoms with E-state index >= 15 is 0 Å². The highest BCUT2D eigenvalue weighted by molar-refractivity contribution is 5.92. The number of nitrogens with one attached hydrogen (secondary N) is 1. The Morgan fingerprint density at radius 3 is 2.76 bits per heavy atom. The van der Waals surface area contributed by atoms with Crippen molar-refractivity contribution in [3.8, 4) is 5.88 Å². The third-order valence-corrected chi connectivity index (χ3v) is 5.12. The minimum atomic E-state index is -0.00894. The van der Waals surface area contributed by atoms with E-state index in [-0.39, 0.29) is 5.91 Å². The maximum absolute atomic E-state index is 12.3. The van der Waals surface area contributed by atoms with Crippen molar-refractivity contribution in [1.82, 2.24) is 24.9 Å². The fourth-order valence-corrected chi connectivity index (χ4v) is 3.50. The van der Waals surface area contributed by atoms with Gasteiger partial charge in [0.1, 0.15) is 0 Å². The molecular formula is C22H23N5O2. The van der Waals surface area contributed by atoms with Crippen molar-refractivity contribution in [2.24, 2.45) is 0 Å². The number of methoxy groups -OCH3 is 1. The van der Waals surface area contributed by atoms with Crippen LogP contribution < -0.4 is 10.1 Å². The number of rotatable bonds is 6. The number of carbonyl (C=O) groups excluding carboxylic acids is 1. The maximum atomic E-state index is 12.3. The Balaban J connectivity index is 1.46. The zero-order valence-corrected chi connectivity index (χ0v) is 16.8. The molecule has 0 aliphatic heterocycles. The highest BCUT2D eigenvalue weighted by atomic mass is 16.5. The van der Waals surface area contributed by atoms with E-state index in [9.17, 15) is 4.79 Å². The van der Waals surface area contributed by atoms with Crippen LogP contribution in [0.1, 0.15) is 28.9 Å². The lowest BCUT2D eigenvalue weighted by molar-refractivity contribution is -0.121. The minimum absolute atomic E-state index is 0.00894. The second-order valence-electron chi connectivity index (χ2n) is 7.00. The molecule has 0 spiro atoms. The molecule has 0 aliphatic rings. The number of ether oxygens (including phenoxy) is 1. The zero-order chi connectivity index (χ0) is 20.4. The standard InChI is InChI=1S/C22H23N5O2/c1-14-17(9-10-20(28)23-12-16-8-11-21(29-3)24-13-16)15(2)27-22(25-14)18-6-4-5-7-19(18)26-27/h4-8,11,13H,9-10,12H2,1-3H3,(H,23,28). The first kappa shape index (κ1) is 18.9. The minimum Gasteiger partial charge on any atom is -0.481 e. The topological polar surface area (TPSA) is 81.4 Å². The van der Waals surface area contributed by atoms with Gasteiger partial charge in [0.2, 0.25) is 11.8 Å². The molecule has 29 heavy (non-hydrogen) atoms. The number of nitrogens with zero attached hydrogens (tertiary/aromatic N) is 4. The average Bonchev–Trinajstić information content (AvgIpc) is 3.11. The van der Waals surface area contributed by atoms with Gasteiger partial charge in [0, 0.05) is 42.0 Å². The maximum Gasteiger partial charge on any atom is 0.220 e. The Hall–Kier alpha value is -3.48. The third-order valence-electron chi connectivity index (χ3n) is 5.12. The molecule has 0 unspecified atom stereocenters. The van der Waals surface area contributed by atoms with E-state index in [1.807, 2.05) is 48.7 Å². The van der Waals surface area contributed by atoms with Crippen molar-refractivity contribution in [1.29, 1.82) is 0 Å². The lowest BCUT2D eigenvalue weighted by atomic mass is 10.1. The van der Waals surface area contributed by atoms with Gasteiger partial charge in [-0.05, 0) is 43.5 Å². The van der Waals surface area contributed by atoms with Crippen molar-refractivity contribution < 1.29 is 9.53 Å². The Labute approximate surface area is 168 Å². The summed E-state index contributed by atoms with van der Waals surface area (Å²) >= 11 is 0. The number of hydrogen-bond acceptors (Lipinski definition) is 5. The number of aryl methyl sites for hydroxylation is 2. The van der Waals surface area contributed by atoms with Crippen molar-refractivity contribution in [3.63, 3.8) is 0 Å². The van der Waals surface area contributed by atoms with Gasteiger partial charge >= 0.3 is 0 Å². The molecule has 3 heterocycles. The number of fused-ring (bicyclic) bond motifs is 3. The van der Waals surface area contributed by atoms with Crippen LogP contribution in [0.2, 0.25) is 0 Å². The first-order chi connectivity index (χ1) is 14.1. The molecule has 0 bridgehead atoms. The van der Waals surface area contributed by atoms with Gasteiger partial charge in [-0.15, -0.1) is 0 Å². The van der Waals surface area contributed by atoms with Gasteiger partial charge in [-0.2, -0.15) is 5.10 Å². The van der Waals surface area contributed by atoms with Crippen LogP contribution >= 0.6 is 0 Å². The molecule has 0 saturated carbocycles. The first-order valence-corrected chi connectivity index (χ1v) is 9.56. The van der Waals surface area contributed by atoms with Gasteiger partial charge in [0.25, 0.3) is 0 Å². The average molecular weight is 389 g/mol. The van der Waals surface area contributed by atoms with Gasteiger partial charge in [-0.1, -0.05) is 18.2 Å². The number of benzene rings is 1. The first-order valence-electron chi connectivity index (χ1n) is 9.56. The van der Waals surface area contributed by atoms with Crippen LogP contribution in [0, 0.1) is 13.8 Å². The summed E-state index contributed by atoms with van der Waals surface area (Å²) in [7, 11) is 1.58. The van der Waals surface area contributed by atoms with E-state index in [0.29, 0.717) is 25.3 Å². The number of hydrogen-bond donors (Lipinski definition) is 1. The van der Waals surface area contributed by atoms with Crippen molar-refractivity contribution in [2.45, 2.75) is 33.2 Å². The van der Waals surface area contributed by atoms with Crippen molar-refractivity contribution in [3.05, 3.63) is 65.1 Å². The summed E-state index contributed by atoms with van der Waals surface area (Å²) in [6, 6.07) is 11.7. The van der Waals surface area contributed by atoms with Crippen LogP contribution in [0.15, 0.2) is 42.6 Å². The third kappa shape index (κ3) is 3.76. The van der Waals surface area contributed by atoms with E-state index < -0.39 is 0 Å². The monoisotopic (exact) mass is 389 g/mol. The molecular weight excluding hydrogens is 366 g/mol. The molecule has 0 saturated heterocycles. The summed E-state index contributed by atoms with van der Waals surface area (Å²) in [5, 5.41) is 8.65. The fourth-order valence-electron chi connectivity index (χ4n) is 3.50. The molecule has 7 heteroatoms. The van der Waals surface area contributed by atoms with E-state index in [1.54, 1.807) is 19.4 Å². The Bertz CT molecular complexity index is 1180. The lowest BCUT2D eigenvalue weighted by Gasteiger charge is -2.11. The summed E-state index contributed by atoms with van der Waals surface area (Å²) in [6.45, 7) is 4.46. The number of aromatic nitrogens is 4. The van der Waals surface area contributed by atoms with Crippen LogP contribution in [-0.2, 0) is 17.8 Å². The summed E-state index contributed by atoms with van der Waals surface area (Å²) in [5.74, 6) is 0.547. The van der Waals surface area contributed by atoms with Crippen LogP contribution in [-0.4, -0.2) is 32.6 Å². The van der Waals surface area contributed by atoms with Gasteiger partial charge in [-0.25, -0.2) is 14.5 Å². The summed E-state index contributed by atoms with van der Waals surface area (Å²) in [4.78, 5) is 21.2. The van der Waals surface area contributed by atoms with Gasteiger partial charge in [0.15, 0.2) is 5.65 Å². The Morgan fingerprint density at radius 2 is 2.00 bits per heavy atom. The van der Waals surface area contributed by atoms with Crippen LogP contribution in [0.5, 0.6) is 5.88 Å². The molecule has 3 aromatic heterocycles. The molecule has 148 valence electrons. The highest BCUT2D eigenvalue weighted by Crippen LogP contribution is 2.22. The fraction of sp³-hybridized carbons (Fsp3) is 0.273. The smallest absolute Gasteiger partial charge is 0.220 e. The second-order valence-corrected chi connectivity index (χ2v) is 7.00. The molecule has 0 atom stereocenters. The van der Waals surface area contributed by atoms with E-state index in [0.717, 1.165) is 39.1 Å². The van der Waals surface area contributed by atoms with Gasteiger partial charge in [-0.3, -0.25) is 4.79 Å². The van der Waals surface area contributed by atoms with Crippen molar-refractivity contribution in [2.75, 3.05) is 7.11 Å². The highest BCUT2D eigenvalue weighted by Gasteiger charge is 2.14. The Morgan fingerprint density at radius 1 is 1.17 bits per heavy atom. The number of pyridine rings is 1. The quantitative estimate of drug-likeness (QED) is 0.548. The molecule has 0 fully saturated rings. The Kier molecular flexibility index (Phi) is 5.12. The summed E-state index contributed by atoms with van der Waals surface area (Å²) < 4.78 is 6.93. The molecule has 1 aromatic carbocycles. The van der Waals surface area contributed by atoms with Crippen LogP contribution in [0.25, 0.3) is 16.6 Å². The normalized spacial score (nSPS) is 11.1. The molecule has 0 radical (unpaired) electrons. The molecule has 1 N–H and O–H groups in total. The van der Waals surface area contributed by atoms with Crippen LogP contribution in [0.3, 0.4) is 0 Å². The zero-order valence-electron chi connectivity index (χ0n) is 16.8. The molecule has 4 aromatic rings. The van der Waals surface area contributed by atoms with E-state index in [2.05, 4.69) is 15.4 Å². The molecule has 1 amide bonds. The second kappa shape index (κ2) is 7.87. The van der Waals surface area contributed by atoms with Gasteiger partial charge in [0.05, 0.1) is 12.6 Å². The van der Waals surface area contributed by atoms with E-state index in [4.69, 9.17) is 9.72 Å². The predicted octanol–water partition coefficient (Wildman–Crippen LogP) is 3.15. The van der Waals surface area contributed by atoms with Gasteiger partial charge < -0.3 is 10.1 Å². The molecule has 0 aliphatic carbocycles. The lowest BCUT2D eigenvalue weighted by Crippen LogP contribution is -2.23.